The van der Waals surface area contributed by atoms with Crippen LogP contribution in [0.5, 0.6) is 11.6 Å². The van der Waals surface area contributed by atoms with E-state index in [-0.39, 0.29) is 11.6 Å². The highest BCUT2D eigenvalue weighted by molar-refractivity contribution is 6.04. The van der Waals surface area contributed by atoms with Gasteiger partial charge in [0.1, 0.15) is 11.4 Å². The van der Waals surface area contributed by atoms with Crippen molar-refractivity contribution in [1.82, 2.24) is 24.8 Å². The van der Waals surface area contributed by atoms with Crippen molar-refractivity contribution in [2.75, 3.05) is 43.5 Å². The van der Waals surface area contributed by atoms with Crippen molar-refractivity contribution >= 4 is 28.1 Å². The maximum atomic E-state index is 13.0. The first kappa shape index (κ1) is 20.7. The van der Waals surface area contributed by atoms with Gasteiger partial charge in [-0.25, -0.2) is 4.98 Å². The molecule has 1 aliphatic heterocycles. The maximum Gasteiger partial charge on any atom is 0.276 e. The summed E-state index contributed by atoms with van der Waals surface area (Å²) in [5, 5.41) is 18.4. The topological polar surface area (TPSA) is 117 Å². The Morgan fingerprint density at radius 3 is 2.82 bits per heavy atom. The highest BCUT2D eigenvalue weighted by Gasteiger charge is 2.18. The third kappa shape index (κ3) is 4.03. The lowest BCUT2D eigenvalue weighted by atomic mass is 10.2. The van der Waals surface area contributed by atoms with Gasteiger partial charge in [0.05, 0.1) is 37.1 Å². The summed E-state index contributed by atoms with van der Waals surface area (Å²) < 4.78 is 6.73. The molecule has 3 N–H and O–H groups in total. The summed E-state index contributed by atoms with van der Waals surface area (Å²) >= 11 is 0. The third-order valence-electron chi connectivity index (χ3n) is 5.60. The Morgan fingerprint density at radius 1 is 1.15 bits per heavy atom. The Morgan fingerprint density at radius 2 is 2.00 bits per heavy atom. The second kappa shape index (κ2) is 8.75. The summed E-state index contributed by atoms with van der Waals surface area (Å²) in [7, 11) is 1.57. The number of anilines is 2. The van der Waals surface area contributed by atoms with Gasteiger partial charge in [0.15, 0.2) is 5.82 Å². The van der Waals surface area contributed by atoms with Crippen LogP contribution in [-0.4, -0.2) is 63.8 Å². The van der Waals surface area contributed by atoms with Crippen LogP contribution in [-0.2, 0) is 0 Å². The molecule has 0 unspecified atom stereocenters. The monoisotopic (exact) mass is 445 g/mol. The Labute approximate surface area is 189 Å². The van der Waals surface area contributed by atoms with E-state index in [0.717, 1.165) is 37.3 Å². The minimum Gasteiger partial charge on any atom is -0.497 e. The van der Waals surface area contributed by atoms with Crippen molar-refractivity contribution in [2.45, 2.75) is 0 Å². The Balaban J connectivity index is 1.43. The van der Waals surface area contributed by atoms with Gasteiger partial charge in [-0.05, 0) is 24.3 Å². The lowest BCUT2D eigenvalue weighted by Crippen LogP contribution is -2.43. The number of piperazine rings is 1. The molecule has 0 saturated carbocycles. The van der Waals surface area contributed by atoms with Gasteiger partial charge < -0.3 is 25.4 Å². The SMILES string of the molecule is COc1ccc2cn(-c3cncc(C(=O)Nc4cnccc4N4CCNCC4)n3)c(O)c2c1. The third-order valence-corrected chi connectivity index (χ3v) is 5.60. The van der Waals surface area contributed by atoms with Gasteiger partial charge in [-0.2, -0.15) is 0 Å². The molecule has 1 fully saturated rings. The summed E-state index contributed by atoms with van der Waals surface area (Å²) in [5.74, 6) is 0.533. The van der Waals surface area contributed by atoms with E-state index in [1.807, 2.05) is 18.2 Å². The molecule has 1 aromatic carbocycles. The molecule has 0 spiro atoms. The number of nitrogens with one attached hydrogen (secondary N) is 2. The van der Waals surface area contributed by atoms with Gasteiger partial charge in [0.25, 0.3) is 5.91 Å². The van der Waals surface area contributed by atoms with E-state index in [2.05, 4.69) is 30.5 Å². The molecule has 10 nitrogen and oxygen atoms in total. The zero-order valence-corrected chi connectivity index (χ0v) is 18.0. The van der Waals surface area contributed by atoms with E-state index in [1.165, 1.54) is 17.0 Å². The van der Waals surface area contributed by atoms with E-state index >= 15 is 0 Å². The molecule has 3 aromatic heterocycles. The van der Waals surface area contributed by atoms with E-state index in [1.54, 1.807) is 31.8 Å². The normalized spacial score (nSPS) is 13.8. The summed E-state index contributed by atoms with van der Waals surface area (Å²) in [4.78, 5) is 28.0. The van der Waals surface area contributed by atoms with E-state index in [0.29, 0.717) is 22.6 Å². The Bertz CT molecular complexity index is 1310. The maximum absolute atomic E-state index is 13.0. The molecule has 168 valence electrons. The van der Waals surface area contributed by atoms with Crippen molar-refractivity contribution in [3.63, 3.8) is 0 Å². The molecular weight excluding hydrogens is 422 g/mol. The van der Waals surface area contributed by atoms with Crippen LogP contribution in [0.25, 0.3) is 16.6 Å². The first-order valence-electron chi connectivity index (χ1n) is 10.6. The second-order valence-electron chi connectivity index (χ2n) is 7.62. The van der Waals surface area contributed by atoms with Crippen LogP contribution < -0.4 is 20.3 Å². The molecule has 5 rings (SSSR count). The quantitative estimate of drug-likeness (QED) is 0.428. The average Bonchev–Trinajstić information content (AvgIpc) is 3.20. The van der Waals surface area contributed by atoms with Crippen molar-refractivity contribution < 1.29 is 14.6 Å². The van der Waals surface area contributed by atoms with Crippen LogP contribution in [0.1, 0.15) is 10.5 Å². The van der Waals surface area contributed by atoms with Crippen LogP contribution in [0, 0.1) is 0 Å². The number of hydrogen-bond acceptors (Lipinski definition) is 8. The van der Waals surface area contributed by atoms with Gasteiger partial charge >= 0.3 is 0 Å². The standard InChI is InChI=1S/C23H23N7O3/c1-33-16-3-2-15-14-30(23(32)17(15)10-16)21-13-26-12-19(27-21)22(31)28-18-11-25-5-4-20(18)29-8-6-24-7-9-29/h2-5,10-14,24,32H,6-9H2,1H3,(H,28,31). The van der Waals surface area contributed by atoms with Crippen LogP contribution in [0.15, 0.2) is 55.2 Å². The highest BCUT2D eigenvalue weighted by Crippen LogP contribution is 2.32. The van der Waals surface area contributed by atoms with Gasteiger partial charge in [-0.15, -0.1) is 0 Å². The molecule has 1 aliphatic rings. The number of methoxy groups -OCH3 is 1. The van der Waals surface area contributed by atoms with Crippen molar-refractivity contribution in [2.24, 2.45) is 0 Å². The average molecular weight is 445 g/mol. The predicted octanol–water partition coefficient (Wildman–Crippen LogP) is 2.19. The first-order chi connectivity index (χ1) is 16.1. The van der Waals surface area contributed by atoms with E-state index in [9.17, 15) is 9.90 Å². The summed E-state index contributed by atoms with van der Waals surface area (Å²) in [5.41, 5.74) is 1.64. The van der Waals surface area contributed by atoms with Gasteiger partial charge in [-0.1, -0.05) is 0 Å². The van der Waals surface area contributed by atoms with E-state index in [4.69, 9.17) is 4.74 Å². The van der Waals surface area contributed by atoms with Crippen molar-refractivity contribution in [1.29, 1.82) is 0 Å². The fourth-order valence-electron chi connectivity index (χ4n) is 3.91. The predicted molar refractivity (Wildman–Crippen MR) is 124 cm³/mol. The molecule has 1 saturated heterocycles. The van der Waals surface area contributed by atoms with Gasteiger partial charge in [0.2, 0.25) is 5.88 Å². The minimum atomic E-state index is -0.411. The lowest BCUT2D eigenvalue weighted by Gasteiger charge is -2.30. The number of nitrogens with zero attached hydrogens (tertiary/aromatic N) is 5. The van der Waals surface area contributed by atoms with Crippen LogP contribution >= 0.6 is 0 Å². The molecule has 0 atom stereocenters. The summed E-state index contributed by atoms with van der Waals surface area (Å²) in [6.45, 7) is 3.44. The number of carbonyl (C=O) groups excluding carboxylic acids is 1. The fourth-order valence-corrected chi connectivity index (χ4v) is 3.91. The van der Waals surface area contributed by atoms with Crippen molar-refractivity contribution in [3.8, 4) is 17.4 Å². The largest absolute Gasteiger partial charge is 0.497 e. The van der Waals surface area contributed by atoms with Crippen LogP contribution in [0.3, 0.4) is 0 Å². The molecule has 0 aliphatic carbocycles. The zero-order valence-electron chi connectivity index (χ0n) is 18.0. The Hall–Kier alpha value is -4.18. The molecule has 1 amide bonds. The second-order valence-corrected chi connectivity index (χ2v) is 7.62. The molecule has 33 heavy (non-hydrogen) atoms. The Kier molecular flexibility index (Phi) is 5.49. The minimum absolute atomic E-state index is 0.0102. The van der Waals surface area contributed by atoms with Crippen molar-refractivity contribution in [3.05, 3.63) is 60.9 Å². The molecule has 0 radical (unpaired) electrons. The number of fused-ring (bicyclic) bond motifs is 1. The van der Waals surface area contributed by atoms with Gasteiger partial charge in [-0.3, -0.25) is 19.3 Å². The molecule has 0 bridgehead atoms. The van der Waals surface area contributed by atoms with Gasteiger partial charge in [0, 0.05) is 49.3 Å². The number of carbonyl (C=O) groups is 1. The van der Waals surface area contributed by atoms with Crippen LogP contribution in [0.2, 0.25) is 0 Å². The number of benzene rings is 1. The first-order valence-corrected chi connectivity index (χ1v) is 10.6. The molecule has 10 heteroatoms. The lowest BCUT2D eigenvalue weighted by molar-refractivity contribution is 0.102. The number of pyridine rings is 1. The zero-order chi connectivity index (χ0) is 22.8. The van der Waals surface area contributed by atoms with Crippen LogP contribution in [0.4, 0.5) is 11.4 Å². The number of ether oxygens (including phenoxy) is 1. The molecule has 4 aromatic rings. The molecule has 4 heterocycles. The number of rotatable bonds is 5. The number of amides is 1. The summed E-state index contributed by atoms with van der Waals surface area (Å²) in [6.07, 6.45) is 7.96. The highest BCUT2D eigenvalue weighted by atomic mass is 16.5. The summed E-state index contributed by atoms with van der Waals surface area (Å²) in [6, 6.07) is 7.28. The number of aromatic nitrogens is 4. The number of aromatic hydroxyl groups is 1. The molecular formula is C23H23N7O3. The number of hydrogen-bond donors (Lipinski definition) is 3. The smallest absolute Gasteiger partial charge is 0.276 e. The van der Waals surface area contributed by atoms with E-state index < -0.39 is 5.91 Å². The fraction of sp³-hybridized carbons (Fsp3) is 0.217.